The molecule has 132 valence electrons. The molecule has 24 heavy (non-hydrogen) atoms. The van der Waals surface area contributed by atoms with Crippen molar-refractivity contribution in [2.24, 2.45) is 5.92 Å². The van der Waals surface area contributed by atoms with Crippen molar-refractivity contribution in [3.8, 4) is 11.5 Å². The third kappa shape index (κ3) is 4.22. The van der Waals surface area contributed by atoms with E-state index in [1.54, 1.807) is 0 Å². The normalized spacial score (nSPS) is 19.8. The molecule has 4 heteroatoms. The van der Waals surface area contributed by atoms with Gasteiger partial charge in [0.2, 0.25) is 5.91 Å². The summed E-state index contributed by atoms with van der Waals surface area (Å²) in [5.41, 5.74) is 2.20. The third-order valence-corrected chi connectivity index (χ3v) is 5.11. The van der Waals surface area contributed by atoms with Crippen LogP contribution in [0.15, 0.2) is 12.1 Å². The first-order valence-electron chi connectivity index (χ1n) is 9.37. The van der Waals surface area contributed by atoms with Crippen LogP contribution in [0.4, 0.5) is 0 Å². The number of benzene rings is 1. The molecule has 0 saturated heterocycles. The van der Waals surface area contributed by atoms with Gasteiger partial charge >= 0.3 is 0 Å². The molecule has 0 spiro atoms. The Bertz CT molecular complexity index is 578. The summed E-state index contributed by atoms with van der Waals surface area (Å²) in [5, 5.41) is 3.05. The fourth-order valence-corrected chi connectivity index (χ4v) is 3.83. The smallest absolute Gasteiger partial charge is 0.220 e. The minimum absolute atomic E-state index is 0.138. The van der Waals surface area contributed by atoms with Crippen LogP contribution in [-0.2, 0) is 17.8 Å². The number of ether oxygens (including phenoxy) is 2. The van der Waals surface area contributed by atoms with Crippen LogP contribution in [0, 0.1) is 5.92 Å². The van der Waals surface area contributed by atoms with Gasteiger partial charge in [0.15, 0.2) is 0 Å². The Labute approximate surface area is 144 Å². The number of hydrogen-bond donors (Lipinski definition) is 1. The van der Waals surface area contributed by atoms with Crippen molar-refractivity contribution >= 4 is 5.91 Å². The van der Waals surface area contributed by atoms with Gasteiger partial charge in [0.1, 0.15) is 17.6 Å². The molecule has 1 saturated carbocycles. The maximum atomic E-state index is 12.1. The molecule has 1 aliphatic heterocycles. The SMILES string of the molecule is CCOc1cc2c(cc1CNC(=O)CCC1CCCC1)O[C@H](C)C2. The highest BCUT2D eigenvalue weighted by Gasteiger charge is 2.22. The maximum absolute atomic E-state index is 12.1. The molecule has 3 rings (SSSR count). The molecule has 1 aromatic rings. The van der Waals surface area contributed by atoms with E-state index in [1.165, 1.54) is 31.2 Å². The first-order chi connectivity index (χ1) is 11.7. The second-order valence-corrected chi connectivity index (χ2v) is 7.10. The lowest BCUT2D eigenvalue weighted by Crippen LogP contribution is -2.23. The highest BCUT2D eigenvalue weighted by atomic mass is 16.5. The Kier molecular flexibility index (Phi) is 5.64. The van der Waals surface area contributed by atoms with E-state index in [4.69, 9.17) is 9.47 Å². The van der Waals surface area contributed by atoms with E-state index in [1.807, 2.05) is 13.0 Å². The number of fused-ring (bicyclic) bond motifs is 1. The minimum Gasteiger partial charge on any atom is -0.494 e. The van der Waals surface area contributed by atoms with Gasteiger partial charge in [-0.15, -0.1) is 0 Å². The van der Waals surface area contributed by atoms with Gasteiger partial charge in [0, 0.05) is 30.5 Å². The Balaban J connectivity index is 1.57. The standard InChI is InChI=1S/C20H29NO3/c1-3-23-18-11-16-10-14(2)24-19(16)12-17(18)13-21-20(22)9-8-15-6-4-5-7-15/h11-12,14-15H,3-10,13H2,1-2H3,(H,21,22)/t14-/m1/s1. The minimum atomic E-state index is 0.138. The van der Waals surface area contributed by atoms with Crippen LogP contribution < -0.4 is 14.8 Å². The lowest BCUT2D eigenvalue weighted by atomic mass is 10.0. The van der Waals surface area contributed by atoms with Crippen molar-refractivity contribution in [3.63, 3.8) is 0 Å². The van der Waals surface area contributed by atoms with E-state index in [9.17, 15) is 4.79 Å². The number of amides is 1. The maximum Gasteiger partial charge on any atom is 0.220 e. The molecular formula is C20H29NO3. The van der Waals surface area contributed by atoms with Gasteiger partial charge in [-0.05, 0) is 38.3 Å². The van der Waals surface area contributed by atoms with E-state index in [-0.39, 0.29) is 12.0 Å². The van der Waals surface area contributed by atoms with Gasteiger partial charge in [0.25, 0.3) is 0 Å². The topological polar surface area (TPSA) is 47.6 Å². The van der Waals surface area contributed by atoms with Gasteiger partial charge in [0.05, 0.1) is 6.61 Å². The van der Waals surface area contributed by atoms with Crippen LogP contribution in [0.3, 0.4) is 0 Å². The molecular weight excluding hydrogens is 302 g/mol. The lowest BCUT2D eigenvalue weighted by Gasteiger charge is -2.14. The molecule has 1 fully saturated rings. The highest BCUT2D eigenvalue weighted by molar-refractivity contribution is 5.76. The van der Waals surface area contributed by atoms with Gasteiger partial charge in [-0.3, -0.25) is 4.79 Å². The number of hydrogen-bond acceptors (Lipinski definition) is 3. The summed E-state index contributed by atoms with van der Waals surface area (Å²) in [4.78, 5) is 12.1. The zero-order valence-electron chi connectivity index (χ0n) is 14.9. The summed E-state index contributed by atoms with van der Waals surface area (Å²) in [6.07, 6.45) is 8.04. The number of carbonyl (C=O) groups excluding carboxylic acids is 1. The molecule has 1 N–H and O–H groups in total. The summed E-state index contributed by atoms with van der Waals surface area (Å²) in [7, 11) is 0. The van der Waals surface area contributed by atoms with Crippen LogP contribution >= 0.6 is 0 Å². The van der Waals surface area contributed by atoms with Crippen molar-refractivity contribution in [1.82, 2.24) is 5.32 Å². The van der Waals surface area contributed by atoms with Crippen molar-refractivity contribution in [2.45, 2.75) is 71.4 Å². The summed E-state index contributed by atoms with van der Waals surface area (Å²) < 4.78 is 11.6. The molecule has 1 aromatic carbocycles. The van der Waals surface area contributed by atoms with Crippen molar-refractivity contribution in [1.29, 1.82) is 0 Å². The molecule has 0 unspecified atom stereocenters. The molecule has 4 nitrogen and oxygen atoms in total. The van der Waals surface area contributed by atoms with E-state index in [0.717, 1.165) is 35.8 Å². The fourth-order valence-electron chi connectivity index (χ4n) is 3.83. The average Bonchev–Trinajstić information content (AvgIpc) is 3.19. The van der Waals surface area contributed by atoms with Crippen LogP contribution in [0.2, 0.25) is 0 Å². The number of carbonyl (C=O) groups is 1. The van der Waals surface area contributed by atoms with Gasteiger partial charge < -0.3 is 14.8 Å². The highest BCUT2D eigenvalue weighted by Crippen LogP contribution is 2.35. The summed E-state index contributed by atoms with van der Waals surface area (Å²) in [6, 6.07) is 4.10. The third-order valence-electron chi connectivity index (χ3n) is 5.11. The lowest BCUT2D eigenvalue weighted by molar-refractivity contribution is -0.121. The zero-order valence-corrected chi connectivity index (χ0v) is 14.9. The van der Waals surface area contributed by atoms with Crippen LogP contribution in [0.1, 0.15) is 63.5 Å². The summed E-state index contributed by atoms with van der Waals surface area (Å²) in [6.45, 7) is 5.18. The predicted octanol–water partition coefficient (Wildman–Crippen LogP) is 4.00. The van der Waals surface area contributed by atoms with Gasteiger partial charge in [-0.1, -0.05) is 25.7 Å². The predicted molar refractivity (Wildman–Crippen MR) is 94.4 cm³/mol. The molecule has 1 atom stereocenters. The van der Waals surface area contributed by atoms with E-state index >= 15 is 0 Å². The molecule has 1 amide bonds. The zero-order chi connectivity index (χ0) is 16.9. The molecule has 2 aliphatic rings. The molecule has 0 aromatic heterocycles. The van der Waals surface area contributed by atoms with Gasteiger partial charge in [-0.2, -0.15) is 0 Å². The Morgan fingerprint density at radius 1 is 1.33 bits per heavy atom. The molecule has 1 aliphatic carbocycles. The molecule has 0 radical (unpaired) electrons. The Morgan fingerprint density at radius 3 is 2.88 bits per heavy atom. The largest absolute Gasteiger partial charge is 0.494 e. The molecule has 1 heterocycles. The average molecular weight is 331 g/mol. The van der Waals surface area contributed by atoms with E-state index < -0.39 is 0 Å². The fraction of sp³-hybridized carbons (Fsp3) is 0.650. The van der Waals surface area contributed by atoms with Crippen molar-refractivity contribution < 1.29 is 14.3 Å². The number of rotatable bonds is 7. The van der Waals surface area contributed by atoms with Crippen molar-refractivity contribution in [2.75, 3.05) is 6.61 Å². The Hall–Kier alpha value is -1.71. The van der Waals surface area contributed by atoms with Crippen molar-refractivity contribution in [3.05, 3.63) is 23.3 Å². The monoisotopic (exact) mass is 331 g/mol. The first-order valence-corrected chi connectivity index (χ1v) is 9.37. The van der Waals surface area contributed by atoms with Gasteiger partial charge in [-0.25, -0.2) is 0 Å². The summed E-state index contributed by atoms with van der Waals surface area (Å²) >= 11 is 0. The van der Waals surface area contributed by atoms with Crippen LogP contribution in [-0.4, -0.2) is 18.6 Å². The number of nitrogens with one attached hydrogen (secondary N) is 1. The second-order valence-electron chi connectivity index (χ2n) is 7.10. The molecule has 0 bridgehead atoms. The summed E-state index contributed by atoms with van der Waals surface area (Å²) in [5.74, 6) is 2.69. The van der Waals surface area contributed by atoms with E-state index in [2.05, 4.69) is 18.3 Å². The van der Waals surface area contributed by atoms with Crippen LogP contribution in [0.25, 0.3) is 0 Å². The quantitative estimate of drug-likeness (QED) is 0.821. The first kappa shape index (κ1) is 17.1. The second kappa shape index (κ2) is 7.91. The van der Waals surface area contributed by atoms with E-state index in [0.29, 0.717) is 19.6 Å². The Morgan fingerprint density at radius 2 is 2.12 bits per heavy atom. The van der Waals surface area contributed by atoms with Crippen LogP contribution in [0.5, 0.6) is 11.5 Å².